The van der Waals surface area contributed by atoms with E-state index in [1.54, 1.807) is 43.5 Å². The highest BCUT2D eigenvalue weighted by Gasteiger charge is 2.49. The number of hydrogen-bond acceptors (Lipinski definition) is 8. The van der Waals surface area contributed by atoms with Gasteiger partial charge in [-0.3, -0.25) is 14.5 Å². The number of nitrogens with zero attached hydrogens (tertiary/aromatic N) is 2. The maximum atomic E-state index is 13.6. The third-order valence-electron chi connectivity index (χ3n) is 6.08. The number of benzene rings is 3. The molecule has 0 radical (unpaired) electrons. The van der Waals surface area contributed by atoms with Gasteiger partial charge in [0.1, 0.15) is 34.9 Å². The number of fused-ring (bicyclic) bond motifs is 1. The number of rotatable bonds is 6. The van der Waals surface area contributed by atoms with Crippen molar-refractivity contribution >= 4 is 44.1 Å². The van der Waals surface area contributed by atoms with Gasteiger partial charge in [-0.2, -0.15) is 0 Å². The number of ether oxygens (including phenoxy) is 3. The summed E-state index contributed by atoms with van der Waals surface area (Å²) < 4.78 is 30.5. The van der Waals surface area contributed by atoms with Crippen LogP contribution >= 0.6 is 11.3 Å². The van der Waals surface area contributed by atoms with Crippen LogP contribution in [0.5, 0.6) is 17.2 Å². The fraction of sp³-hybridized carbons (Fsp3) is 0.148. The third-order valence-corrected chi connectivity index (χ3v) is 7.10. The first-order valence-corrected chi connectivity index (χ1v) is 11.9. The maximum absolute atomic E-state index is 13.6. The first-order valence-electron chi connectivity index (χ1n) is 11.1. The van der Waals surface area contributed by atoms with Crippen LogP contribution in [-0.2, 0) is 9.59 Å². The molecule has 1 aliphatic rings. The van der Waals surface area contributed by atoms with Crippen LogP contribution in [0.3, 0.4) is 0 Å². The van der Waals surface area contributed by atoms with E-state index >= 15 is 0 Å². The Balaban J connectivity index is 1.77. The lowest BCUT2D eigenvalue weighted by Gasteiger charge is -2.25. The van der Waals surface area contributed by atoms with Crippen LogP contribution in [-0.4, -0.2) is 43.1 Å². The summed E-state index contributed by atoms with van der Waals surface area (Å²) in [5, 5.41) is 11.5. The first-order chi connectivity index (χ1) is 17.9. The monoisotopic (exact) mass is 520 g/mol. The van der Waals surface area contributed by atoms with E-state index in [4.69, 9.17) is 14.2 Å². The van der Waals surface area contributed by atoms with E-state index in [0.29, 0.717) is 28.3 Å². The van der Waals surface area contributed by atoms with Crippen molar-refractivity contribution in [1.82, 2.24) is 4.98 Å². The lowest BCUT2D eigenvalue weighted by molar-refractivity contribution is -0.132. The van der Waals surface area contributed by atoms with E-state index in [9.17, 15) is 19.1 Å². The summed E-state index contributed by atoms with van der Waals surface area (Å²) in [4.78, 5) is 32.7. The van der Waals surface area contributed by atoms with Crippen molar-refractivity contribution in [1.29, 1.82) is 0 Å². The Bertz CT molecular complexity index is 1560. The molecule has 4 aromatic rings. The van der Waals surface area contributed by atoms with Crippen LogP contribution in [0.1, 0.15) is 17.2 Å². The molecule has 1 aromatic heterocycles. The summed E-state index contributed by atoms with van der Waals surface area (Å²) in [5.74, 6) is -1.29. The summed E-state index contributed by atoms with van der Waals surface area (Å²) in [6.45, 7) is 0. The van der Waals surface area contributed by atoms with Crippen LogP contribution in [0.2, 0.25) is 0 Å². The number of hydrogen-bond donors (Lipinski definition) is 1. The number of carbonyl (C=O) groups excluding carboxylic acids is 2. The number of methoxy groups -OCH3 is 3. The molecule has 10 heteroatoms. The van der Waals surface area contributed by atoms with Crippen molar-refractivity contribution in [3.05, 3.63) is 83.2 Å². The Hall–Kier alpha value is -4.44. The minimum Gasteiger partial charge on any atom is -0.507 e. The van der Waals surface area contributed by atoms with Crippen LogP contribution in [0.25, 0.3) is 16.0 Å². The quantitative estimate of drug-likeness (QED) is 0.215. The van der Waals surface area contributed by atoms with Crippen LogP contribution in [0.4, 0.5) is 9.52 Å². The highest BCUT2D eigenvalue weighted by Crippen LogP contribution is 2.47. The van der Waals surface area contributed by atoms with E-state index in [2.05, 4.69) is 4.98 Å². The number of thiazole rings is 1. The Morgan fingerprint density at radius 3 is 2.30 bits per heavy atom. The topological polar surface area (TPSA) is 98.2 Å². The summed E-state index contributed by atoms with van der Waals surface area (Å²) >= 11 is 1.20. The molecule has 5 rings (SSSR count). The average Bonchev–Trinajstić information content (AvgIpc) is 3.45. The first kappa shape index (κ1) is 24.3. The molecule has 3 aromatic carbocycles. The molecule has 2 heterocycles. The summed E-state index contributed by atoms with van der Waals surface area (Å²) in [5.41, 5.74) is 1.01. The van der Waals surface area contributed by atoms with Gasteiger partial charge in [-0.25, -0.2) is 9.37 Å². The molecule has 8 nitrogen and oxygen atoms in total. The number of Topliss-reactive ketones (excluding diaryl/α,β-unsaturated/α-hetero) is 1. The Labute approximate surface area is 215 Å². The van der Waals surface area contributed by atoms with Crippen LogP contribution in [0, 0.1) is 5.82 Å². The highest BCUT2D eigenvalue weighted by atomic mass is 32.1. The molecule has 1 amide bonds. The van der Waals surface area contributed by atoms with E-state index in [0.717, 1.165) is 16.8 Å². The zero-order valence-corrected chi connectivity index (χ0v) is 20.8. The number of anilines is 1. The van der Waals surface area contributed by atoms with Crippen molar-refractivity contribution in [2.75, 3.05) is 26.2 Å². The zero-order valence-electron chi connectivity index (χ0n) is 20.0. The van der Waals surface area contributed by atoms with Crippen molar-refractivity contribution in [3.63, 3.8) is 0 Å². The molecule has 1 N–H and O–H groups in total. The second-order valence-electron chi connectivity index (χ2n) is 8.11. The van der Waals surface area contributed by atoms with E-state index in [1.165, 1.54) is 42.6 Å². The minimum absolute atomic E-state index is 0.181. The zero-order chi connectivity index (χ0) is 26.3. The molecule has 1 atom stereocenters. The van der Waals surface area contributed by atoms with Crippen molar-refractivity contribution in [2.45, 2.75) is 6.04 Å². The van der Waals surface area contributed by atoms with Gasteiger partial charge in [0.2, 0.25) is 0 Å². The van der Waals surface area contributed by atoms with Crippen molar-refractivity contribution < 1.29 is 33.3 Å². The number of ketones is 1. The molecular weight excluding hydrogens is 499 g/mol. The lowest BCUT2D eigenvalue weighted by atomic mass is 9.94. The molecule has 0 spiro atoms. The van der Waals surface area contributed by atoms with Gasteiger partial charge in [-0.15, -0.1) is 0 Å². The van der Waals surface area contributed by atoms with Crippen molar-refractivity contribution in [3.8, 4) is 17.2 Å². The molecular formula is C27H21FN2O6S. The third kappa shape index (κ3) is 4.15. The molecule has 0 saturated carbocycles. The van der Waals surface area contributed by atoms with Gasteiger partial charge >= 0.3 is 5.91 Å². The fourth-order valence-corrected chi connectivity index (χ4v) is 5.28. The van der Waals surface area contributed by atoms with Gasteiger partial charge in [0.15, 0.2) is 5.13 Å². The maximum Gasteiger partial charge on any atom is 0.301 e. The van der Waals surface area contributed by atoms with Gasteiger partial charge in [-0.05, 0) is 60.7 Å². The molecule has 0 bridgehead atoms. The second-order valence-corrected chi connectivity index (χ2v) is 9.12. The molecule has 37 heavy (non-hydrogen) atoms. The largest absolute Gasteiger partial charge is 0.507 e. The number of aliphatic hydroxyl groups excluding tert-OH is 1. The van der Waals surface area contributed by atoms with Gasteiger partial charge in [0.05, 0.1) is 37.1 Å². The predicted molar refractivity (Wildman–Crippen MR) is 137 cm³/mol. The minimum atomic E-state index is -1.10. The smallest absolute Gasteiger partial charge is 0.301 e. The average molecular weight is 521 g/mol. The number of aromatic nitrogens is 1. The highest BCUT2D eigenvalue weighted by molar-refractivity contribution is 7.22. The summed E-state index contributed by atoms with van der Waals surface area (Å²) in [6.07, 6.45) is 0. The number of aliphatic hydroxyl groups is 1. The molecule has 1 fully saturated rings. The van der Waals surface area contributed by atoms with E-state index < -0.39 is 29.3 Å². The Kier molecular flexibility index (Phi) is 6.26. The number of amides is 1. The summed E-state index contributed by atoms with van der Waals surface area (Å²) in [7, 11) is 4.50. The lowest BCUT2D eigenvalue weighted by Crippen LogP contribution is -2.29. The normalized spacial score (nSPS) is 16.9. The fourth-order valence-electron chi connectivity index (χ4n) is 4.26. The van der Waals surface area contributed by atoms with Crippen LogP contribution in [0.15, 0.2) is 66.2 Å². The molecule has 188 valence electrons. The van der Waals surface area contributed by atoms with Gasteiger partial charge in [-0.1, -0.05) is 11.3 Å². The second kappa shape index (κ2) is 9.55. The number of halogens is 1. The SMILES string of the molecule is COc1ccc(OC)c([C@@H]2C(=C(O)c3ccc(F)cc3)C(=O)C(=O)N2c2nc3ccc(OC)cc3s2)c1. The van der Waals surface area contributed by atoms with E-state index in [1.807, 2.05) is 0 Å². The van der Waals surface area contributed by atoms with Gasteiger partial charge in [0.25, 0.3) is 5.78 Å². The Morgan fingerprint density at radius 1 is 0.946 bits per heavy atom. The number of carbonyl (C=O) groups is 2. The van der Waals surface area contributed by atoms with Crippen molar-refractivity contribution in [2.24, 2.45) is 0 Å². The molecule has 0 unspecified atom stereocenters. The molecule has 0 aliphatic carbocycles. The Morgan fingerprint density at radius 2 is 1.62 bits per heavy atom. The standard InChI is InChI=1S/C27H21FN2O6S/c1-34-16-9-11-20(36-3)18(12-16)23-22(24(31)14-4-6-15(28)7-5-14)25(32)26(33)30(23)27-29-19-10-8-17(35-2)13-21(19)37-27/h4-13,23,31H,1-3H3/t23-/m1/s1. The summed E-state index contributed by atoms with van der Waals surface area (Å²) in [6, 6.07) is 14.1. The van der Waals surface area contributed by atoms with Gasteiger partial charge < -0.3 is 19.3 Å². The molecule has 1 saturated heterocycles. The van der Waals surface area contributed by atoms with Gasteiger partial charge in [0, 0.05) is 11.1 Å². The predicted octanol–water partition coefficient (Wildman–Crippen LogP) is 5.09. The molecule has 1 aliphatic heterocycles. The van der Waals surface area contributed by atoms with E-state index in [-0.39, 0.29) is 16.3 Å². The van der Waals surface area contributed by atoms with Crippen LogP contribution < -0.4 is 19.1 Å².